The number of carbonyl (C=O) groups excluding carboxylic acids is 3. The van der Waals surface area contributed by atoms with E-state index in [0.717, 1.165) is 19.3 Å². The smallest absolute Gasteiger partial charge is 0.217 e. The average Bonchev–Trinajstić information content (AvgIpc) is 2.41. The van der Waals surface area contributed by atoms with Gasteiger partial charge in [-0.05, 0) is 26.2 Å². The summed E-state index contributed by atoms with van der Waals surface area (Å²) in [7, 11) is 0. The Morgan fingerprint density at radius 2 is 1.39 bits per heavy atom. The first-order chi connectivity index (χ1) is 10.7. The molecule has 3 aliphatic rings. The number of nitrogens with one attached hydrogen (secondary N) is 3. The first-order valence-electron chi connectivity index (χ1n) is 8.27. The van der Waals surface area contributed by atoms with E-state index in [1.165, 1.54) is 13.8 Å². The highest BCUT2D eigenvalue weighted by atomic mass is 16.2. The fraction of sp³-hybridized carbons (Fsp3) is 0.812. The van der Waals surface area contributed by atoms with Crippen molar-refractivity contribution in [3.63, 3.8) is 0 Å². The molecule has 23 heavy (non-hydrogen) atoms. The van der Waals surface area contributed by atoms with E-state index in [2.05, 4.69) is 27.8 Å². The van der Waals surface area contributed by atoms with Crippen LogP contribution in [0.3, 0.4) is 0 Å². The molecule has 3 saturated heterocycles. The zero-order valence-corrected chi connectivity index (χ0v) is 14.4. The summed E-state index contributed by atoms with van der Waals surface area (Å²) in [6, 6.07) is 0.630. The molecule has 3 amide bonds. The van der Waals surface area contributed by atoms with E-state index in [1.807, 2.05) is 0 Å². The van der Waals surface area contributed by atoms with Gasteiger partial charge in [0.25, 0.3) is 0 Å². The van der Waals surface area contributed by atoms with Crippen LogP contribution in [-0.4, -0.2) is 59.4 Å². The molecule has 0 aliphatic carbocycles. The van der Waals surface area contributed by atoms with E-state index in [0.29, 0.717) is 19.1 Å². The SMILES string of the molecule is CC(=O)NC[C@@H]1CC2(NC(C)=O)CC(C)N1[C@@H](CNC(C)=O)C2. The van der Waals surface area contributed by atoms with Gasteiger partial charge in [-0.3, -0.25) is 19.3 Å². The van der Waals surface area contributed by atoms with Crippen LogP contribution >= 0.6 is 0 Å². The summed E-state index contributed by atoms with van der Waals surface area (Å²) in [4.78, 5) is 36.6. The molecule has 3 aliphatic heterocycles. The first-order valence-corrected chi connectivity index (χ1v) is 8.27. The molecule has 0 aromatic rings. The quantitative estimate of drug-likeness (QED) is 0.651. The Labute approximate surface area is 137 Å². The maximum Gasteiger partial charge on any atom is 0.217 e. The number of nitrogens with zero attached hydrogens (tertiary/aromatic N) is 1. The normalized spacial score (nSPS) is 35.5. The van der Waals surface area contributed by atoms with Crippen LogP contribution in [0.1, 0.15) is 47.0 Å². The van der Waals surface area contributed by atoms with Crippen LogP contribution in [-0.2, 0) is 14.4 Å². The lowest BCUT2D eigenvalue weighted by Gasteiger charge is -2.60. The summed E-state index contributed by atoms with van der Waals surface area (Å²) in [6.07, 6.45) is 2.56. The van der Waals surface area contributed by atoms with Crippen molar-refractivity contribution in [1.82, 2.24) is 20.9 Å². The highest BCUT2D eigenvalue weighted by molar-refractivity contribution is 5.74. The summed E-state index contributed by atoms with van der Waals surface area (Å²) < 4.78 is 0. The van der Waals surface area contributed by atoms with Crippen molar-refractivity contribution in [2.75, 3.05) is 13.1 Å². The Bertz CT molecular complexity index is 466. The minimum atomic E-state index is -0.244. The van der Waals surface area contributed by atoms with Crippen LogP contribution in [0.5, 0.6) is 0 Å². The van der Waals surface area contributed by atoms with Gasteiger partial charge in [0, 0.05) is 57.5 Å². The molecule has 0 saturated carbocycles. The number of hydrogen-bond donors (Lipinski definition) is 3. The molecule has 2 bridgehead atoms. The zero-order chi connectivity index (χ0) is 17.2. The van der Waals surface area contributed by atoms with Crippen LogP contribution in [0, 0.1) is 0 Å². The van der Waals surface area contributed by atoms with E-state index in [1.54, 1.807) is 6.92 Å². The highest BCUT2D eigenvalue weighted by Crippen LogP contribution is 2.42. The molecule has 5 atom stereocenters. The Hall–Kier alpha value is -1.63. The molecule has 3 heterocycles. The van der Waals surface area contributed by atoms with Crippen molar-refractivity contribution >= 4 is 17.7 Å². The molecule has 0 aromatic carbocycles. The van der Waals surface area contributed by atoms with Crippen LogP contribution < -0.4 is 16.0 Å². The van der Waals surface area contributed by atoms with Crippen LogP contribution in [0.25, 0.3) is 0 Å². The Kier molecular flexibility index (Phi) is 5.29. The second-order valence-corrected chi connectivity index (χ2v) is 7.05. The molecule has 3 N–H and O–H groups in total. The van der Waals surface area contributed by atoms with E-state index >= 15 is 0 Å². The van der Waals surface area contributed by atoms with Gasteiger partial charge in [-0.25, -0.2) is 0 Å². The molecule has 7 heteroatoms. The van der Waals surface area contributed by atoms with Crippen LogP contribution in [0.2, 0.25) is 0 Å². The van der Waals surface area contributed by atoms with Crippen molar-refractivity contribution in [3.8, 4) is 0 Å². The van der Waals surface area contributed by atoms with Gasteiger partial charge >= 0.3 is 0 Å². The van der Waals surface area contributed by atoms with Gasteiger partial charge in [0.05, 0.1) is 0 Å². The molecule has 0 spiro atoms. The fourth-order valence-electron chi connectivity index (χ4n) is 4.46. The molecule has 7 nitrogen and oxygen atoms in total. The van der Waals surface area contributed by atoms with Crippen LogP contribution in [0.15, 0.2) is 0 Å². The molecular weight excluding hydrogens is 296 g/mol. The predicted octanol–water partition coefficient (Wildman–Crippen LogP) is -0.241. The summed E-state index contributed by atoms with van der Waals surface area (Å²) >= 11 is 0. The van der Waals surface area contributed by atoms with Crippen molar-refractivity contribution in [1.29, 1.82) is 0 Å². The number of rotatable bonds is 5. The van der Waals surface area contributed by atoms with E-state index in [9.17, 15) is 14.4 Å². The second-order valence-electron chi connectivity index (χ2n) is 7.05. The van der Waals surface area contributed by atoms with Gasteiger partial charge in [-0.2, -0.15) is 0 Å². The lowest BCUT2D eigenvalue weighted by molar-refractivity contribution is -0.129. The number of fused-ring (bicyclic) bond motifs is 3. The van der Waals surface area contributed by atoms with Crippen molar-refractivity contribution in [2.24, 2.45) is 0 Å². The Morgan fingerprint density at radius 3 is 1.78 bits per heavy atom. The van der Waals surface area contributed by atoms with Crippen LogP contribution in [0.4, 0.5) is 0 Å². The topological polar surface area (TPSA) is 90.5 Å². The van der Waals surface area contributed by atoms with E-state index < -0.39 is 0 Å². The average molecular weight is 324 g/mol. The lowest BCUT2D eigenvalue weighted by atomic mass is 9.69. The summed E-state index contributed by atoms with van der Waals surface area (Å²) in [5.41, 5.74) is -0.244. The lowest BCUT2D eigenvalue weighted by Crippen LogP contribution is -2.73. The fourth-order valence-corrected chi connectivity index (χ4v) is 4.46. The van der Waals surface area contributed by atoms with Gasteiger partial charge in [0.15, 0.2) is 0 Å². The Morgan fingerprint density at radius 1 is 0.913 bits per heavy atom. The highest BCUT2D eigenvalue weighted by Gasteiger charge is 2.52. The Balaban J connectivity index is 2.19. The largest absolute Gasteiger partial charge is 0.355 e. The van der Waals surface area contributed by atoms with Crippen molar-refractivity contribution < 1.29 is 14.4 Å². The van der Waals surface area contributed by atoms with Gasteiger partial charge in [-0.1, -0.05) is 0 Å². The molecular formula is C16H28N4O3. The standard InChI is InChI=1S/C16H28N4O3/c1-10-5-16(19-13(4)23)6-14(8-17-11(2)21)20(10)15(7-16)9-18-12(3)22/h10,14-15H,5-9H2,1-4H3,(H,17,21)(H,18,22)(H,19,23)/t10?,14-,15+,16?. The zero-order valence-electron chi connectivity index (χ0n) is 14.4. The minimum Gasteiger partial charge on any atom is -0.355 e. The van der Waals surface area contributed by atoms with Gasteiger partial charge in [0.1, 0.15) is 0 Å². The summed E-state index contributed by atoms with van der Waals surface area (Å²) in [5, 5.41) is 8.95. The number of carbonyl (C=O) groups is 3. The molecule has 3 unspecified atom stereocenters. The molecule has 3 rings (SSSR count). The van der Waals surface area contributed by atoms with Gasteiger partial charge in [-0.15, -0.1) is 0 Å². The summed E-state index contributed by atoms with van der Waals surface area (Å²) in [6.45, 7) is 7.86. The van der Waals surface area contributed by atoms with E-state index in [4.69, 9.17) is 0 Å². The van der Waals surface area contributed by atoms with Gasteiger partial charge in [0.2, 0.25) is 17.7 Å². The second kappa shape index (κ2) is 6.86. The monoisotopic (exact) mass is 324 g/mol. The predicted molar refractivity (Wildman–Crippen MR) is 86.6 cm³/mol. The maximum atomic E-state index is 11.7. The number of piperidine rings is 3. The number of amides is 3. The van der Waals surface area contributed by atoms with E-state index in [-0.39, 0.29) is 35.3 Å². The minimum absolute atomic E-state index is 0.0240. The molecule has 0 aromatic heterocycles. The maximum absolute atomic E-state index is 11.7. The molecule has 130 valence electrons. The number of hydrogen-bond acceptors (Lipinski definition) is 4. The van der Waals surface area contributed by atoms with Crippen molar-refractivity contribution in [3.05, 3.63) is 0 Å². The third kappa shape index (κ3) is 4.22. The van der Waals surface area contributed by atoms with Gasteiger partial charge < -0.3 is 16.0 Å². The third-order valence-electron chi connectivity index (χ3n) is 4.91. The third-order valence-corrected chi connectivity index (χ3v) is 4.91. The first kappa shape index (κ1) is 17.7. The molecule has 0 radical (unpaired) electrons. The van der Waals surface area contributed by atoms with Crippen molar-refractivity contribution in [2.45, 2.75) is 70.6 Å². The molecule has 3 fully saturated rings. The summed E-state index contributed by atoms with van der Waals surface area (Å²) in [5.74, 6) is -0.122.